The number of nitrogens with one attached hydrogen (secondary N) is 3. The summed E-state index contributed by atoms with van der Waals surface area (Å²) in [6, 6.07) is 7.90. The fourth-order valence-electron chi connectivity index (χ4n) is 4.12. The number of nitrogens with zero attached hydrogens (tertiary/aromatic N) is 5. The van der Waals surface area contributed by atoms with Crippen LogP contribution in [-0.2, 0) is 13.6 Å². The number of hydrogen-bond donors (Lipinski definition) is 3. The summed E-state index contributed by atoms with van der Waals surface area (Å²) in [5.74, 6) is -0.680. The zero-order chi connectivity index (χ0) is 29.8. The monoisotopic (exact) mass is 570 g/mol. The van der Waals surface area contributed by atoms with Crippen LogP contribution in [0.4, 0.5) is 10.1 Å². The van der Waals surface area contributed by atoms with Gasteiger partial charge in [-0.1, -0.05) is 0 Å². The van der Waals surface area contributed by atoms with Gasteiger partial charge in [-0.25, -0.2) is 23.7 Å². The Labute approximate surface area is 239 Å². The lowest BCUT2D eigenvalue weighted by Gasteiger charge is -2.18. The van der Waals surface area contributed by atoms with Crippen molar-refractivity contribution in [3.8, 4) is 11.6 Å². The van der Waals surface area contributed by atoms with Crippen LogP contribution >= 0.6 is 0 Å². The summed E-state index contributed by atoms with van der Waals surface area (Å²) in [5.41, 5.74) is 0.640. The summed E-state index contributed by atoms with van der Waals surface area (Å²) in [6.07, 6.45) is 12.2. The molecule has 4 aromatic rings. The predicted molar refractivity (Wildman–Crippen MR) is 156 cm³/mol. The number of anilines is 1. The number of amides is 1. The first-order chi connectivity index (χ1) is 20.3. The molecule has 0 bridgehead atoms. The Hall–Kier alpha value is -5.85. The Bertz CT molecular complexity index is 1890. The van der Waals surface area contributed by atoms with Crippen molar-refractivity contribution in [3.05, 3.63) is 129 Å². The van der Waals surface area contributed by atoms with Crippen molar-refractivity contribution in [1.29, 1.82) is 5.41 Å². The predicted octanol–water partition coefficient (Wildman–Crippen LogP) is 3.23. The van der Waals surface area contributed by atoms with Crippen LogP contribution in [0.5, 0.6) is 5.88 Å². The van der Waals surface area contributed by atoms with Gasteiger partial charge in [-0.2, -0.15) is 0 Å². The van der Waals surface area contributed by atoms with Crippen molar-refractivity contribution in [2.24, 2.45) is 7.05 Å². The Morgan fingerprint density at radius 1 is 1.17 bits per heavy atom. The molecule has 3 aromatic heterocycles. The van der Waals surface area contributed by atoms with Gasteiger partial charge in [0.1, 0.15) is 11.4 Å². The molecule has 0 saturated heterocycles. The van der Waals surface area contributed by atoms with Crippen molar-refractivity contribution < 1.29 is 15.3 Å². The summed E-state index contributed by atoms with van der Waals surface area (Å²) in [7, 11) is 1.86. The highest BCUT2D eigenvalue weighted by Crippen LogP contribution is 2.25. The van der Waals surface area contributed by atoms with Gasteiger partial charge in [0.25, 0.3) is 11.5 Å². The molecular weight excluding hydrogens is 543 g/mol. The molecule has 0 saturated carbocycles. The van der Waals surface area contributed by atoms with Gasteiger partial charge in [0, 0.05) is 51.5 Å². The zero-order valence-corrected chi connectivity index (χ0v) is 22.5. The summed E-state index contributed by atoms with van der Waals surface area (Å²) < 4.78 is 23.3. The summed E-state index contributed by atoms with van der Waals surface area (Å²) in [4.78, 5) is 47.8. The number of allylic oxidation sites excluding steroid dienone is 3. The largest absolute Gasteiger partial charge is 0.437 e. The average Bonchev–Trinajstić information content (AvgIpc) is 3.42. The van der Waals surface area contributed by atoms with E-state index in [-0.39, 0.29) is 30.8 Å². The number of halogens is 1. The maximum Gasteiger partial charge on any atom is 0.335 e. The van der Waals surface area contributed by atoms with E-state index < -0.39 is 23.0 Å². The van der Waals surface area contributed by atoms with E-state index >= 15 is 0 Å². The van der Waals surface area contributed by atoms with E-state index in [0.29, 0.717) is 11.5 Å². The minimum absolute atomic E-state index is 0. The molecule has 0 unspecified atom stereocenters. The second-order valence-corrected chi connectivity index (χ2v) is 9.09. The number of benzene rings is 1. The topological polar surface area (TPSA) is 149 Å². The molecule has 1 aliphatic heterocycles. The van der Waals surface area contributed by atoms with Crippen molar-refractivity contribution >= 4 is 23.4 Å². The first kappa shape index (κ1) is 27.7. The molecular formula is C29H27FN8O4. The Morgan fingerprint density at radius 2 is 1.95 bits per heavy atom. The molecule has 0 fully saturated rings. The molecule has 42 heavy (non-hydrogen) atoms. The lowest BCUT2D eigenvalue weighted by Crippen LogP contribution is -2.42. The summed E-state index contributed by atoms with van der Waals surface area (Å²) in [5, 5.41) is 13.1. The van der Waals surface area contributed by atoms with Gasteiger partial charge in [0.05, 0.1) is 35.3 Å². The maximum atomic E-state index is 13.4. The van der Waals surface area contributed by atoms with E-state index in [1.54, 1.807) is 31.6 Å². The normalized spacial score (nSPS) is 13.6. The van der Waals surface area contributed by atoms with Gasteiger partial charge in [-0.3, -0.25) is 14.2 Å². The lowest BCUT2D eigenvalue weighted by molar-refractivity contribution is 0.102. The second kappa shape index (κ2) is 11.7. The van der Waals surface area contributed by atoms with Crippen LogP contribution in [0.25, 0.3) is 11.3 Å². The molecule has 0 atom stereocenters. The number of pyridine rings is 1. The lowest BCUT2D eigenvalue weighted by atomic mass is 10.1. The van der Waals surface area contributed by atoms with Gasteiger partial charge in [-0.15, -0.1) is 0 Å². The molecule has 3 N–H and O–H groups in total. The molecule has 1 aliphatic rings. The molecule has 214 valence electrons. The fraction of sp³-hybridized carbons (Fsp3) is 0.103. The van der Waals surface area contributed by atoms with Crippen molar-refractivity contribution in [1.82, 2.24) is 29.0 Å². The SMILES string of the molecule is CCn1cc(C(=O)Nc2ccc(OC3=CC(c4cn(C)cn4)=CN/C3=C\C=N)nc2)c(=O)n(-c2ccc(F)cc2)c1=O.[HH]. The van der Waals surface area contributed by atoms with Crippen molar-refractivity contribution in [2.75, 3.05) is 5.32 Å². The highest BCUT2D eigenvalue weighted by Gasteiger charge is 2.20. The van der Waals surface area contributed by atoms with Gasteiger partial charge in [0.15, 0.2) is 5.76 Å². The third-order valence-electron chi connectivity index (χ3n) is 6.22. The smallest absolute Gasteiger partial charge is 0.335 e. The molecule has 1 amide bonds. The number of aryl methyl sites for hydroxylation is 2. The molecule has 0 radical (unpaired) electrons. The van der Waals surface area contributed by atoms with E-state index in [1.165, 1.54) is 41.2 Å². The standard InChI is InChI=1S/C29H25FN8O4.H2/c1-3-37-15-22(28(40)38(29(37)41)21-7-4-19(30)5-8-21)27(39)35-20-6-9-26(33-14-20)42-25-12-18(13-32-23(25)10-11-31)24-16-36(2)17-34-24;/h4-17,31-32H,3H2,1-2H3,(H,35,39);1H/b23-10-,31-11?;. The van der Waals surface area contributed by atoms with Crippen molar-refractivity contribution in [2.45, 2.75) is 13.5 Å². The summed E-state index contributed by atoms with van der Waals surface area (Å²) in [6.45, 7) is 1.89. The Kier molecular flexibility index (Phi) is 7.73. The van der Waals surface area contributed by atoms with Crippen molar-refractivity contribution in [3.63, 3.8) is 0 Å². The third-order valence-corrected chi connectivity index (χ3v) is 6.22. The van der Waals surface area contributed by atoms with Crippen LogP contribution in [0.1, 0.15) is 24.4 Å². The van der Waals surface area contributed by atoms with Crippen LogP contribution < -0.4 is 26.6 Å². The molecule has 5 rings (SSSR count). The van der Waals surface area contributed by atoms with Crippen LogP contribution in [-0.4, -0.2) is 35.8 Å². The molecule has 0 aliphatic carbocycles. The van der Waals surface area contributed by atoms with E-state index in [4.69, 9.17) is 10.1 Å². The first-order valence-corrected chi connectivity index (χ1v) is 12.7. The number of aromatic nitrogens is 5. The second-order valence-electron chi connectivity index (χ2n) is 9.09. The van der Waals surface area contributed by atoms with Gasteiger partial charge < -0.3 is 25.3 Å². The van der Waals surface area contributed by atoms with Gasteiger partial charge >= 0.3 is 5.69 Å². The fourth-order valence-corrected chi connectivity index (χ4v) is 4.12. The minimum atomic E-state index is -0.847. The summed E-state index contributed by atoms with van der Waals surface area (Å²) >= 11 is 0. The van der Waals surface area contributed by atoms with E-state index in [2.05, 4.69) is 20.6 Å². The number of imidazole rings is 1. The number of dihydropyridines is 1. The number of rotatable bonds is 8. The first-order valence-electron chi connectivity index (χ1n) is 12.7. The van der Waals surface area contributed by atoms with E-state index in [1.807, 2.05) is 17.8 Å². The number of carbonyl (C=O) groups is 1. The number of hydrogen-bond acceptors (Lipinski definition) is 8. The number of ether oxygens (including phenoxy) is 1. The van der Waals surface area contributed by atoms with Crippen LogP contribution in [0.3, 0.4) is 0 Å². The molecule has 13 heteroatoms. The van der Waals surface area contributed by atoms with Gasteiger partial charge in [-0.05, 0) is 49.4 Å². The minimum Gasteiger partial charge on any atom is -0.437 e. The van der Waals surface area contributed by atoms with E-state index in [9.17, 15) is 18.8 Å². The maximum absolute atomic E-state index is 13.4. The van der Waals surface area contributed by atoms with Crippen LogP contribution in [0.2, 0.25) is 0 Å². The van der Waals surface area contributed by atoms with Gasteiger partial charge in [0.2, 0.25) is 5.88 Å². The molecule has 0 spiro atoms. The highest BCUT2D eigenvalue weighted by molar-refractivity contribution is 6.03. The average molecular weight is 571 g/mol. The zero-order valence-electron chi connectivity index (χ0n) is 22.5. The molecule has 12 nitrogen and oxygen atoms in total. The highest BCUT2D eigenvalue weighted by atomic mass is 19.1. The Balaban J connectivity index is 0.00000423. The molecule has 4 heterocycles. The third kappa shape index (κ3) is 5.70. The molecule has 1 aromatic carbocycles. The number of carbonyl (C=O) groups excluding carboxylic acids is 1. The Morgan fingerprint density at radius 3 is 2.60 bits per heavy atom. The van der Waals surface area contributed by atoms with Crippen LogP contribution in [0.15, 0.2) is 101 Å². The van der Waals surface area contributed by atoms with E-state index in [0.717, 1.165) is 34.2 Å². The quantitative estimate of drug-likeness (QED) is 0.276. The van der Waals surface area contributed by atoms with Crippen LogP contribution in [0, 0.1) is 11.2 Å².